The molecular formula is C19H31N6O2+. The summed E-state index contributed by atoms with van der Waals surface area (Å²) in [7, 11) is 0. The standard InChI is InChI=1S/C19H30N6O2/c1-5-8-15(17-20-21-22-25(17)19(3,4)6-2)23-10-12-24(13-11-23)18(26)16-9-7-14-27-16/h7,9,14-15H,5-6,8,10-13H2,1-4H3/p+1/t15-/m0/s1. The average Bonchev–Trinajstić information content (AvgIpc) is 3.38. The fourth-order valence-corrected chi connectivity index (χ4v) is 3.70. The summed E-state index contributed by atoms with van der Waals surface area (Å²) in [6.45, 7) is 11.9. The first-order valence-corrected chi connectivity index (χ1v) is 9.94. The van der Waals surface area contributed by atoms with Crippen LogP contribution in [-0.4, -0.2) is 57.2 Å². The lowest BCUT2D eigenvalue weighted by Crippen LogP contribution is -3.15. The summed E-state index contributed by atoms with van der Waals surface area (Å²) in [4.78, 5) is 15.8. The Kier molecular flexibility index (Phi) is 5.94. The summed E-state index contributed by atoms with van der Waals surface area (Å²) in [5.74, 6) is 1.35. The highest BCUT2D eigenvalue weighted by Gasteiger charge is 2.36. The van der Waals surface area contributed by atoms with Gasteiger partial charge in [0.15, 0.2) is 5.76 Å². The molecular weight excluding hydrogens is 344 g/mol. The number of hydrogen-bond acceptors (Lipinski definition) is 5. The van der Waals surface area contributed by atoms with Crippen LogP contribution in [0.5, 0.6) is 0 Å². The molecule has 1 amide bonds. The maximum atomic E-state index is 12.5. The second kappa shape index (κ2) is 8.21. The Bertz CT molecular complexity index is 731. The van der Waals surface area contributed by atoms with Crippen molar-refractivity contribution < 1.29 is 14.1 Å². The molecule has 0 spiro atoms. The summed E-state index contributed by atoms with van der Waals surface area (Å²) < 4.78 is 7.26. The third kappa shape index (κ3) is 4.05. The molecule has 8 heteroatoms. The Morgan fingerprint density at radius 1 is 1.33 bits per heavy atom. The van der Waals surface area contributed by atoms with E-state index in [0.717, 1.165) is 38.2 Å². The number of amides is 1. The number of nitrogens with one attached hydrogen (secondary N) is 1. The van der Waals surface area contributed by atoms with Crippen LogP contribution in [0.25, 0.3) is 0 Å². The lowest BCUT2D eigenvalue weighted by molar-refractivity contribution is -0.936. The van der Waals surface area contributed by atoms with Crippen molar-refractivity contribution in [3.63, 3.8) is 0 Å². The van der Waals surface area contributed by atoms with Crippen molar-refractivity contribution >= 4 is 5.91 Å². The summed E-state index contributed by atoms with van der Waals surface area (Å²) in [5.41, 5.74) is -0.110. The Morgan fingerprint density at radius 3 is 2.67 bits per heavy atom. The average molecular weight is 375 g/mol. The molecule has 3 heterocycles. The van der Waals surface area contributed by atoms with Gasteiger partial charge >= 0.3 is 0 Å². The molecule has 27 heavy (non-hydrogen) atoms. The van der Waals surface area contributed by atoms with Crippen molar-refractivity contribution in [1.29, 1.82) is 0 Å². The number of rotatable bonds is 7. The lowest BCUT2D eigenvalue weighted by Gasteiger charge is -2.36. The van der Waals surface area contributed by atoms with Gasteiger partial charge in [-0.05, 0) is 42.8 Å². The summed E-state index contributed by atoms with van der Waals surface area (Å²) in [5, 5.41) is 12.7. The van der Waals surface area contributed by atoms with Crippen LogP contribution in [0.15, 0.2) is 22.8 Å². The first-order valence-electron chi connectivity index (χ1n) is 9.94. The second-order valence-corrected chi connectivity index (χ2v) is 7.88. The van der Waals surface area contributed by atoms with Gasteiger partial charge < -0.3 is 14.2 Å². The molecule has 1 saturated heterocycles. The zero-order chi connectivity index (χ0) is 19.4. The van der Waals surface area contributed by atoms with Gasteiger partial charge in [-0.25, -0.2) is 4.68 Å². The summed E-state index contributed by atoms with van der Waals surface area (Å²) >= 11 is 0. The number of nitrogens with zero attached hydrogens (tertiary/aromatic N) is 5. The van der Waals surface area contributed by atoms with Gasteiger partial charge in [0.1, 0.15) is 6.04 Å². The van der Waals surface area contributed by atoms with Crippen LogP contribution in [0.2, 0.25) is 0 Å². The monoisotopic (exact) mass is 375 g/mol. The van der Waals surface area contributed by atoms with Gasteiger partial charge in [0.05, 0.1) is 38.0 Å². The van der Waals surface area contributed by atoms with Gasteiger partial charge in [0.25, 0.3) is 5.91 Å². The van der Waals surface area contributed by atoms with Gasteiger partial charge in [0.2, 0.25) is 5.82 Å². The highest BCUT2D eigenvalue weighted by molar-refractivity contribution is 5.91. The smallest absolute Gasteiger partial charge is 0.289 e. The number of hydrogen-bond donors (Lipinski definition) is 1. The van der Waals surface area contributed by atoms with Gasteiger partial charge in [-0.15, -0.1) is 5.10 Å². The first kappa shape index (κ1) is 19.5. The van der Waals surface area contributed by atoms with Gasteiger partial charge in [-0.1, -0.05) is 20.3 Å². The molecule has 1 aliphatic heterocycles. The fourth-order valence-electron chi connectivity index (χ4n) is 3.70. The van der Waals surface area contributed by atoms with Crippen molar-refractivity contribution in [3.8, 4) is 0 Å². The molecule has 2 aromatic rings. The van der Waals surface area contributed by atoms with Crippen molar-refractivity contribution in [2.24, 2.45) is 0 Å². The van der Waals surface area contributed by atoms with E-state index in [1.165, 1.54) is 4.90 Å². The van der Waals surface area contributed by atoms with E-state index in [1.54, 1.807) is 18.4 Å². The first-order chi connectivity index (χ1) is 13.0. The van der Waals surface area contributed by atoms with Crippen LogP contribution in [0.1, 0.15) is 69.4 Å². The summed E-state index contributed by atoms with van der Waals surface area (Å²) in [6.07, 6.45) is 4.61. The number of quaternary nitrogens is 1. The molecule has 0 aliphatic carbocycles. The van der Waals surface area contributed by atoms with Crippen molar-refractivity contribution in [3.05, 3.63) is 30.0 Å². The van der Waals surface area contributed by atoms with Crippen molar-refractivity contribution in [2.45, 2.75) is 58.5 Å². The second-order valence-electron chi connectivity index (χ2n) is 7.88. The number of carbonyl (C=O) groups excluding carboxylic acids is 1. The molecule has 148 valence electrons. The molecule has 0 aromatic carbocycles. The third-order valence-corrected chi connectivity index (χ3v) is 5.74. The van der Waals surface area contributed by atoms with Gasteiger partial charge in [-0.2, -0.15) is 0 Å². The zero-order valence-corrected chi connectivity index (χ0v) is 16.8. The van der Waals surface area contributed by atoms with Crippen LogP contribution >= 0.6 is 0 Å². The molecule has 0 radical (unpaired) electrons. The van der Waals surface area contributed by atoms with E-state index in [9.17, 15) is 4.79 Å². The van der Waals surface area contributed by atoms with E-state index >= 15 is 0 Å². The molecule has 8 nitrogen and oxygen atoms in total. The topological polar surface area (TPSA) is 81.5 Å². The molecule has 1 atom stereocenters. The third-order valence-electron chi connectivity index (χ3n) is 5.74. The molecule has 2 aromatic heterocycles. The minimum absolute atomic E-state index is 0.0250. The minimum Gasteiger partial charge on any atom is -0.459 e. The van der Waals surface area contributed by atoms with Crippen LogP contribution in [-0.2, 0) is 5.54 Å². The largest absolute Gasteiger partial charge is 0.459 e. The predicted octanol–water partition coefficient (Wildman–Crippen LogP) is 1.29. The lowest BCUT2D eigenvalue weighted by atomic mass is 10.0. The van der Waals surface area contributed by atoms with E-state index in [1.807, 2.05) is 9.58 Å². The maximum absolute atomic E-state index is 12.5. The maximum Gasteiger partial charge on any atom is 0.289 e. The van der Waals surface area contributed by atoms with E-state index in [4.69, 9.17) is 4.42 Å². The minimum atomic E-state index is -0.110. The normalized spacial score (nSPS) is 17.3. The molecule has 3 rings (SSSR count). The van der Waals surface area contributed by atoms with E-state index in [2.05, 4.69) is 43.2 Å². The molecule has 1 aliphatic rings. The van der Waals surface area contributed by atoms with Gasteiger partial charge in [-0.3, -0.25) is 4.79 Å². The molecule has 0 bridgehead atoms. The van der Waals surface area contributed by atoms with Crippen molar-refractivity contribution in [2.75, 3.05) is 26.2 Å². The number of tetrazole rings is 1. The molecule has 1 N–H and O–H groups in total. The van der Waals surface area contributed by atoms with Crippen LogP contribution in [0.4, 0.5) is 0 Å². The summed E-state index contributed by atoms with van der Waals surface area (Å²) in [6, 6.07) is 3.72. The molecule has 1 fully saturated rings. The zero-order valence-electron chi connectivity index (χ0n) is 16.8. The van der Waals surface area contributed by atoms with Crippen LogP contribution in [0, 0.1) is 0 Å². The quantitative estimate of drug-likeness (QED) is 0.789. The van der Waals surface area contributed by atoms with E-state index in [-0.39, 0.29) is 17.5 Å². The SMILES string of the molecule is CCC[C@@H](c1nnnn1C(C)(C)CC)[NH+]1CCN(C(=O)c2ccco2)CC1. The fraction of sp³-hybridized carbons (Fsp3) is 0.684. The Balaban J connectivity index is 1.73. The number of furan rings is 1. The molecule has 0 saturated carbocycles. The van der Waals surface area contributed by atoms with Crippen LogP contribution < -0.4 is 4.90 Å². The van der Waals surface area contributed by atoms with E-state index < -0.39 is 0 Å². The Labute approximate surface area is 160 Å². The Morgan fingerprint density at radius 2 is 2.07 bits per heavy atom. The highest BCUT2D eigenvalue weighted by atomic mass is 16.3. The Hall–Kier alpha value is -2.22. The van der Waals surface area contributed by atoms with Crippen molar-refractivity contribution in [1.82, 2.24) is 25.1 Å². The van der Waals surface area contributed by atoms with E-state index in [0.29, 0.717) is 18.8 Å². The number of carbonyl (C=O) groups is 1. The number of piperazine rings is 1. The predicted molar refractivity (Wildman–Crippen MR) is 100 cm³/mol. The molecule has 0 unspecified atom stereocenters. The number of aromatic nitrogens is 4. The van der Waals surface area contributed by atoms with Gasteiger partial charge in [0, 0.05) is 6.42 Å². The highest BCUT2D eigenvalue weighted by Crippen LogP contribution is 2.23. The van der Waals surface area contributed by atoms with Crippen LogP contribution in [0.3, 0.4) is 0 Å².